The van der Waals surface area contributed by atoms with Gasteiger partial charge in [0, 0.05) is 20.3 Å². The molecule has 0 aliphatic carbocycles. The Morgan fingerprint density at radius 1 is 1.35 bits per heavy atom. The number of ether oxygens (including phenoxy) is 1. The summed E-state index contributed by atoms with van der Waals surface area (Å²) in [6.45, 7) is 3.58. The van der Waals surface area contributed by atoms with Gasteiger partial charge >= 0.3 is 0 Å². The van der Waals surface area contributed by atoms with E-state index in [4.69, 9.17) is 4.74 Å². The fourth-order valence-electron chi connectivity index (χ4n) is 2.21. The number of aromatic nitrogens is 4. The molecule has 6 nitrogen and oxygen atoms in total. The normalized spacial score (nSPS) is 11.3. The van der Waals surface area contributed by atoms with Gasteiger partial charge in [-0.3, -0.25) is 4.40 Å². The minimum atomic E-state index is 0.725. The fraction of sp³-hybridized carbons (Fsp3) is 0.357. The number of fused-ring (bicyclic) bond motifs is 3. The second-order valence-electron chi connectivity index (χ2n) is 4.75. The molecule has 0 saturated heterocycles. The summed E-state index contributed by atoms with van der Waals surface area (Å²) in [5.41, 5.74) is 3.89. The molecule has 0 saturated carbocycles. The maximum atomic E-state index is 5.04. The molecule has 104 valence electrons. The van der Waals surface area contributed by atoms with E-state index < -0.39 is 0 Å². The van der Waals surface area contributed by atoms with E-state index in [0.717, 1.165) is 42.1 Å². The first-order chi connectivity index (χ1) is 9.79. The highest BCUT2D eigenvalue weighted by molar-refractivity contribution is 5.83. The van der Waals surface area contributed by atoms with Gasteiger partial charge in [-0.05, 0) is 31.0 Å². The molecule has 0 amide bonds. The highest BCUT2D eigenvalue weighted by atomic mass is 16.5. The van der Waals surface area contributed by atoms with Gasteiger partial charge in [-0.2, -0.15) is 0 Å². The van der Waals surface area contributed by atoms with Crippen LogP contribution < -0.4 is 5.32 Å². The number of hydrogen-bond acceptors (Lipinski definition) is 5. The predicted molar refractivity (Wildman–Crippen MR) is 78.0 cm³/mol. The van der Waals surface area contributed by atoms with E-state index >= 15 is 0 Å². The summed E-state index contributed by atoms with van der Waals surface area (Å²) >= 11 is 0. The Morgan fingerprint density at radius 3 is 3.10 bits per heavy atom. The molecule has 0 fully saturated rings. The first-order valence-corrected chi connectivity index (χ1v) is 6.62. The van der Waals surface area contributed by atoms with Crippen molar-refractivity contribution in [1.29, 1.82) is 0 Å². The molecule has 2 aromatic heterocycles. The monoisotopic (exact) mass is 271 g/mol. The number of rotatable bonds is 5. The van der Waals surface area contributed by atoms with Crippen molar-refractivity contribution >= 4 is 22.5 Å². The van der Waals surface area contributed by atoms with Crippen molar-refractivity contribution in [2.45, 2.75) is 13.3 Å². The number of nitrogens with one attached hydrogen (secondary N) is 1. The highest BCUT2D eigenvalue weighted by Gasteiger charge is 2.09. The SMILES string of the molecule is COCCCNc1nc2ccc(C)cc2n2cnnc12. The third-order valence-electron chi connectivity index (χ3n) is 3.20. The van der Waals surface area contributed by atoms with Gasteiger partial charge in [0.1, 0.15) is 6.33 Å². The summed E-state index contributed by atoms with van der Waals surface area (Å²) in [6, 6.07) is 6.16. The van der Waals surface area contributed by atoms with Crippen LogP contribution in [0.2, 0.25) is 0 Å². The molecule has 1 N–H and O–H groups in total. The van der Waals surface area contributed by atoms with Gasteiger partial charge in [-0.15, -0.1) is 10.2 Å². The zero-order valence-corrected chi connectivity index (χ0v) is 11.6. The van der Waals surface area contributed by atoms with Crippen molar-refractivity contribution < 1.29 is 4.74 Å². The lowest BCUT2D eigenvalue weighted by Crippen LogP contribution is -2.08. The van der Waals surface area contributed by atoms with Crippen molar-refractivity contribution in [3.63, 3.8) is 0 Å². The van der Waals surface area contributed by atoms with Crippen LogP contribution in [0.15, 0.2) is 24.5 Å². The van der Waals surface area contributed by atoms with E-state index in [9.17, 15) is 0 Å². The van der Waals surface area contributed by atoms with Crippen LogP contribution in [0.25, 0.3) is 16.7 Å². The average molecular weight is 271 g/mol. The van der Waals surface area contributed by atoms with Crippen molar-refractivity contribution in [3.05, 3.63) is 30.1 Å². The van der Waals surface area contributed by atoms with Crippen LogP contribution in [0, 0.1) is 6.92 Å². The zero-order valence-electron chi connectivity index (χ0n) is 11.6. The molecule has 0 spiro atoms. The quantitative estimate of drug-likeness (QED) is 0.719. The summed E-state index contributed by atoms with van der Waals surface area (Å²) < 4.78 is 7.01. The Hall–Kier alpha value is -2.21. The number of aryl methyl sites for hydroxylation is 1. The minimum Gasteiger partial charge on any atom is -0.385 e. The summed E-state index contributed by atoms with van der Waals surface area (Å²) in [7, 11) is 1.70. The molecule has 0 aliphatic heterocycles. The summed E-state index contributed by atoms with van der Waals surface area (Å²) in [4.78, 5) is 4.64. The Morgan fingerprint density at radius 2 is 2.25 bits per heavy atom. The van der Waals surface area contributed by atoms with Crippen LogP contribution >= 0.6 is 0 Å². The van der Waals surface area contributed by atoms with Crippen molar-refractivity contribution in [3.8, 4) is 0 Å². The van der Waals surface area contributed by atoms with E-state index in [0.29, 0.717) is 0 Å². The summed E-state index contributed by atoms with van der Waals surface area (Å²) in [5.74, 6) is 0.759. The Kier molecular flexibility index (Phi) is 3.47. The highest BCUT2D eigenvalue weighted by Crippen LogP contribution is 2.20. The first-order valence-electron chi connectivity index (χ1n) is 6.62. The number of nitrogens with zero attached hydrogens (tertiary/aromatic N) is 4. The molecule has 2 heterocycles. The standard InChI is InChI=1S/C14H17N5O/c1-10-4-5-11-12(8-10)19-9-16-18-14(19)13(17-11)15-6-3-7-20-2/h4-5,8-9H,3,6-7H2,1-2H3,(H,15,17). The Balaban J connectivity index is 2.02. The maximum Gasteiger partial charge on any atom is 0.203 e. The Labute approximate surface area is 116 Å². The van der Waals surface area contributed by atoms with Crippen LogP contribution in [0.5, 0.6) is 0 Å². The number of hydrogen-bond donors (Lipinski definition) is 1. The van der Waals surface area contributed by atoms with Crippen LogP contribution in [0.3, 0.4) is 0 Å². The maximum absolute atomic E-state index is 5.04. The van der Waals surface area contributed by atoms with E-state index in [2.05, 4.69) is 39.6 Å². The molecule has 0 unspecified atom stereocenters. The van der Waals surface area contributed by atoms with Crippen LogP contribution in [-0.2, 0) is 4.74 Å². The molecule has 6 heteroatoms. The van der Waals surface area contributed by atoms with Gasteiger partial charge in [0.15, 0.2) is 5.82 Å². The zero-order chi connectivity index (χ0) is 13.9. The lowest BCUT2D eigenvalue weighted by Gasteiger charge is -2.09. The van der Waals surface area contributed by atoms with Gasteiger partial charge in [0.05, 0.1) is 11.0 Å². The number of anilines is 1. The molecule has 1 aromatic carbocycles. The molecule has 0 aliphatic rings. The predicted octanol–water partition coefficient (Wildman–Crippen LogP) is 2.03. The van der Waals surface area contributed by atoms with E-state index in [1.807, 2.05) is 10.5 Å². The van der Waals surface area contributed by atoms with Gasteiger partial charge < -0.3 is 10.1 Å². The molecular formula is C14H17N5O. The fourth-order valence-corrected chi connectivity index (χ4v) is 2.21. The third kappa shape index (κ3) is 2.30. The lowest BCUT2D eigenvalue weighted by molar-refractivity contribution is 0.198. The molecular weight excluding hydrogens is 254 g/mol. The van der Waals surface area contributed by atoms with Gasteiger partial charge in [0.25, 0.3) is 0 Å². The van der Waals surface area contributed by atoms with Crippen molar-refractivity contribution in [2.75, 3.05) is 25.6 Å². The van der Waals surface area contributed by atoms with E-state index in [-0.39, 0.29) is 0 Å². The van der Waals surface area contributed by atoms with Crippen LogP contribution in [0.1, 0.15) is 12.0 Å². The molecule has 0 bridgehead atoms. The molecule has 0 atom stereocenters. The Bertz CT molecular complexity index is 737. The molecule has 3 aromatic rings. The van der Waals surface area contributed by atoms with Crippen molar-refractivity contribution in [1.82, 2.24) is 19.6 Å². The first kappa shape index (κ1) is 12.8. The largest absolute Gasteiger partial charge is 0.385 e. The van der Waals surface area contributed by atoms with Gasteiger partial charge in [-0.25, -0.2) is 4.98 Å². The summed E-state index contributed by atoms with van der Waals surface area (Å²) in [5, 5.41) is 11.4. The second kappa shape index (κ2) is 5.42. The minimum absolute atomic E-state index is 0.725. The van der Waals surface area contributed by atoms with E-state index in [1.54, 1.807) is 13.4 Å². The molecule has 0 radical (unpaired) electrons. The topological polar surface area (TPSA) is 64.3 Å². The average Bonchev–Trinajstić information content (AvgIpc) is 2.94. The van der Waals surface area contributed by atoms with Gasteiger partial charge in [0.2, 0.25) is 5.65 Å². The van der Waals surface area contributed by atoms with Crippen LogP contribution in [-0.4, -0.2) is 39.8 Å². The number of benzene rings is 1. The third-order valence-corrected chi connectivity index (χ3v) is 3.20. The smallest absolute Gasteiger partial charge is 0.203 e. The van der Waals surface area contributed by atoms with Gasteiger partial charge in [-0.1, -0.05) is 6.07 Å². The number of methoxy groups -OCH3 is 1. The van der Waals surface area contributed by atoms with E-state index in [1.165, 1.54) is 5.56 Å². The van der Waals surface area contributed by atoms with Crippen molar-refractivity contribution in [2.24, 2.45) is 0 Å². The molecule has 3 rings (SSSR count). The van der Waals surface area contributed by atoms with Crippen LogP contribution in [0.4, 0.5) is 5.82 Å². The molecule has 20 heavy (non-hydrogen) atoms. The second-order valence-corrected chi connectivity index (χ2v) is 4.75. The lowest BCUT2D eigenvalue weighted by atomic mass is 10.2. The summed E-state index contributed by atoms with van der Waals surface area (Å²) in [6.07, 6.45) is 2.64.